The molecule has 0 aliphatic rings. The average molecular weight is 234 g/mol. The molecule has 0 aliphatic carbocycles. The number of nitrogens with one attached hydrogen (secondary N) is 1. The fourth-order valence-electron chi connectivity index (χ4n) is 1.44. The van der Waals surface area contributed by atoms with E-state index in [2.05, 4.69) is 27.8 Å². The molecule has 2 aromatic heterocycles. The van der Waals surface area contributed by atoms with Crippen molar-refractivity contribution in [1.82, 2.24) is 4.98 Å². The van der Waals surface area contributed by atoms with Gasteiger partial charge in [-0.25, -0.2) is 0 Å². The van der Waals surface area contributed by atoms with E-state index < -0.39 is 0 Å². The van der Waals surface area contributed by atoms with Gasteiger partial charge in [-0.2, -0.15) is 0 Å². The summed E-state index contributed by atoms with van der Waals surface area (Å²) in [4.78, 5) is 5.50. The van der Waals surface area contributed by atoms with Gasteiger partial charge in [-0.05, 0) is 24.4 Å². The van der Waals surface area contributed by atoms with Crippen molar-refractivity contribution in [2.45, 2.75) is 13.5 Å². The topological polar surface area (TPSA) is 34.1 Å². The Morgan fingerprint density at radius 2 is 2.38 bits per heavy atom. The maximum Gasteiger partial charge on any atom is 0.160 e. The lowest BCUT2D eigenvalue weighted by Crippen LogP contribution is -2.01. The first-order chi connectivity index (χ1) is 7.79. The Hall–Kier alpha value is -1.55. The molecular formula is C12H14N2OS. The van der Waals surface area contributed by atoms with Gasteiger partial charge in [-0.3, -0.25) is 4.98 Å². The van der Waals surface area contributed by atoms with Crippen LogP contribution in [0.4, 0.5) is 5.69 Å². The van der Waals surface area contributed by atoms with Gasteiger partial charge < -0.3 is 10.1 Å². The number of ether oxygens (including phenoxy) is 1. The molecule has 16 heavy (non-hydrogen) atoms. The molecule has 0 aromatic carbocycles. The Kier molecular flexibility index (Phi) is 3.41. The summed E-state index contributed by atoms with van der Waals surface area (Å²) in [6.07, 6.45) is 1.74. The van der Waals surface area contributed by atoms with Crippen LogP contribution in [0.1, 0.15) is 10.6 Å². The molecule has 84 valence electrons. The molecule has 0 unspecified atom stereocenters. The summed E-state index contributed by atoms with van der Waals surface area (Å²) in [5, 5.41) is 5.43. The summed E-state index contributed by atoms with van der Waals surface area (Å²) in [6, 6.07) is 6.15. The fourth-order valence-corrected chi connectivity index (χ4v) is 2.09. The first-order valence-corrected chi connectivity index (χ1v) is 5.94. The van der Waals surface area contributed by atoms with Gasteiger partial charge in [-0.1, -0.05) is 6.07 Å². The average Bonchev–Trinajstić information content (AvgIpc) is 2.79. The van der Waals surface area contributed by atoms with E-state index in [0.717, 1.165) is 23.7 Å². The Labute approximate surface area is 99.1 Å². The lowest BCUT2D eigenvalue weighted by atomic mass is 10.3. The highest BCUT2D eigenvalue weighted by Gasteiger charge is 2.03. The quantitative estimate of drug-likeness (QED) is 0.882. The highest BCUT2D eigenvalue weighted by molar-refractivity contribution is 7.09. The van der Waals surface area contributed by atoms with Crippen molar-refractivity contribution in [3.8, 4) is 5.75 Å². The molecule has 0 fully saturated rings. The number of hydrogen-bond acceptors (Lipinski definition) is 4. The van der Waals surface area contributed by atoms with Crippen LogP contribution in [0.15, 0.2) is 29.8 Å². The van der Waals surface area contributed by atoms with Crippen LogP contribution >= 0.6 is 11.3 Å². The molecule has 0 amide bonds. The highest BCUT2D eigenvalue weighted by atomic mass is 32.1. The van der Waals surface area contributed by atoms with Gasteiger partial charge in [0.2, 0.25) is 0 Å². The minimum atomic E-state index is 0.780. The van der Waals surface area contributed by atoms with E-state index in [1.807, 2.05) is 13.0 Å². The number of hydrogen-bond donors (Lipinski definition) is 1. The molecule has 0 saturated heterocycles. The highest BCUT2D eigenvalue weighted by Crippen LogP contribution is 2.24. The van der Waals surface area contributed by atoms with Crippen LogP contribution < -0.4 is 10.1 Å². The van der Waals surface area contributed by atoms with Gasteiger partial charge in [0.05, 0.1) is 19.0 Å². The van der Waals surface area contributed by atoms with Gasteiger partial charge >= 0.3 is 0 Å². The monoisotopic (exact) mass is 234 g/mol. The zero-order valence-corrected chi connectivity index (χ0v) is 10.2. The van der Waals surface area contributed by atoms with E-state index in [0.29, 0.717) is 0 Å². The number of nitrogens with zero attached hydrogens (tertiary/aromatic N) is 1. The zero-order valence-electron chi connectivity index (χ0n) is 9.36. The lowest BCUT2D eigenvalue weighted by Gasteiger charge is -2.10. The molecule has 0 aliphatic heterocycles. The second kappa shape index (κ2) is 4.99. The molecular weight excluding hydrogens is 220 g/mol. The summed E-state index contributed by atoms with van der Waals surface area (Å²) < 4.78 is 5.25. The summed E-state index contributed by atoms with van der Waals surface area (Å²) in [5.41, 5.74) is 1.97. The summed E-state index contributed by atoms with van der Waals surface area (Å²) in [5.74, 6) is 0.780. The molecule has 2 heterocycles. The lowest BCUT2D eigenvalue weighted by molar-refractivity contribution is 0.414. The van der Waals surface area contributed by atoms with Crippen molar-refractivity contribution >= 4 is 17.0 Å². The van der Waals surface area contributed by atoms with Crippen molar-refractivity contribution in [2.75, 3.05) is 12.4 Å². The Bertz CT molecular complexity index is 454. The maximum atomic E-state index is 5.25. The third-order valence-electron chi connectivity index (χ3n) is 2.26. The van der Waals surface area contributed by atoms with Crippen LogP contribution in [-0.4, -0.2) is 12.1 Å². The van der Waals surface area contributed by atoms with Crippen molar-refractivity contribution in [3.05, 3.63) is 40.3 Å². The predicted octanol–water partition coefficient (Wildman–Crippen LogP) is 3.07. The minimum absolute atomic E-state index is 0.780. The molecule has 2 aromatic rings. The second-order valence-electron chi connectivity index (χ2n) is 3.46. The van der Waals surface area contributed by atoms with Gasteiger partial charge in [0.25, 0.3) is 0 Å². The third-order valence-corrected chi connectivity index (χ3v) is 3.13. The molecule has 0 saturated carbocycles. The molecule has 0 spiro atoms. The van der Waals surface area contributed by atoms with Crippen LogP contribution in [0.5, 0.6) is 5.75 Å². The number of aryl methyl sites for hydroxylation is 1. The van der Waals surface area contributed by atoms with Crippen LogP contribution in [-0.2, 0) is 6.54 Å². The molecule has 1 N–H and O–H groups in total. The Balaban J connectivity index is 2.11. The summed E-state index contributed by atoms with van der Waals surface area (Å²) in [6.45, 7) is 2.78. The number of thiophene rings is 1. The minimum Gasteiger partial charge on any atom is -0.493 e. The largest absolute Gasteiger partial charge is 0.493 e. The van der Waals surface area contributed by atoms with E-state index in [1.54, 1.807) is 24.6 Å². The number of anilines is 1. The molecule has 2 rings (SSSR count). The smallest absolute Gasteiger partial charge is 0.160 e. The van der Waals surface area contributed by atoms with Crippen molar-refractivity contribution < 1.29 is 4.74 Å². The van der Waals surface area contributed by atoms with Gasteiger partial charge in [0.1, 0.15) is 0 Å². The number of methoxy groups -OCH3 is 1. The first-order valence-electron chi connectivity index (χ1n) is 5.06. The molecule has 0 radical (unpaired) electrons. The number of aromatic nitrogens is 1. The SMILES string of the molecule is COc1cnc(C)cc1NCc1cccs1. The standard InChI is InChI=1S/C12H14N2OS/c1-9-6-11(12(15-2)8-13-9)14-7-10-4-3-5-16-10/h3-6,8H,7H2,1-2H3,(H,13,14). The molecule has 4 heteroatoms. The van der Waals surface area contributed by atoms with Crippen molar-refractivity contribution in [3.63, 3.8) is 0 Å². The van der Waals surface area contributed by atoms with Crippen molar-refractivity contribution in [1.29, 1.82) is 0 Å². The molecule has 3 nitrogen and oxygen atoms in total. The van der Waals surface area contributed by atoms with Crippen LogP contribution in [0.2, 0.25) is 0 Å². The van der Waals surface area contributed by atoms with E-state index in [-0.39, 0.29) is 0 Å². The number of rotatable bonds is 4. The summed E-state index contributed by atoms with van der Waals surface area (Å²) >= 11 is 1.74. The first kappa shape index (κ1) is 11.0. The Morgan fingerprint density at radius 3 is 3.06 bits per heavy atom. The van der Waals surface area contributed by atoms with E-state index in [9.17, 15) is 0 Å². The molecule has 0 bridgehead atoms. The van der Waals surface area contributed by atoms with E-state index in [4.69, 9.17) is 4.74 Å². The maximum absolute atomic E-state index is 5.25. The van der Waals surface area contributed by atoms with E-state index >= 15 is 0 Å². The number of pyridine rings is 1. The van der Waals surface area contributed by atoms with E-state index in [1.165, 1.54) is 4.88 Å². The third kappa shape index (κ3) is 2.52. The second-order valence-corrected chi connectivity index (χ2v) is 4.49. The Morgan fingerprint density at radius 1 is 1.50 bits per heavy atom. The van der Waals surface area contributed by atoms with Crippen molar-refractivity contribution in [2.24, 2.45) is 0 Å². The van der Waals surface area contributed by atoms with Gasteiger partial charge in [0.15, 0.2) is 5.75 Å². The summed E-state index contributed by atoms with van der Waals surface area (Å²) in [7, 11) is 1.66. The normalized spacial score (nSPS) is 10.1. The molecule has 0 atom stereocenters. The fraction of sp³-hybridized carbons (Fsp3) is 0.250. The van der Waals surface area contributed by atoms with Gasteiger partial charge in [-0.15, -0.1) is 11.3 Å². The van der Waals surface area contributed by atoms with Gasteiger partial charge in [0, 0.05) is 17.1 Å². The van der Waals surface area contributed by atoms with Crippen LogP contribution in [0, 0.1) is 6.92 Å². The predicted molar refractivity (Wildman–Crippen MR) is 67.2 cm³/mol. The van der Waals surface area contributed by atoms with Crippen LogP contribution in [0.3, 0.4) is 0 Å². The van der Waals surface area contributed by atoms with Crippen LogP contribution in [0.25, 0.3) is 0 Å². The zero-order chi connectivity index (χ0) is 11.4.